The van der Waals surface area contributed by atoms with Crippen molar-refractivity contribution in [2.45, 2.75) is 50.0 Å². The van der Waals surface area contributed by atoms with Gasteiger partial charge in [0, 0.05) is 10.9 Å². The normalized spacial score (nSPS) is 23.6. The van der Waals surface area contributed by atoms with Crippen LogP contribution in [0.4, 0.5) is 0 Å². The fourth-order valence-electron chi connectivity index (χ4n) is 3.83. The number of rotatable bonds is 2. The summed E-state index contributed by atoms with van der Waals surface area (Å²) >= 11 is 1.66. The molecule has 0 amide bonds. The lowest BCUT2D eigenvalue weighted by Crippen LogP contribution is -2.36. The number of aromatic nitrogens is 1. The number of benzene rings is 1. The summed E-state index contributed by atoms with van der Waals surface area (Å²) in [5, 5.41) is 3.15. The molecule has 2 aliphatic rings. The third-order valence-electron chi connectivity index (χ3n) is 4.92. The smallest absolute Gasteiger partial charge is 0.307 e. The molecule has 1 saturated heterocycles. The van der Waals surface area contributed by atoms with Crippen LogP contribution >= 0.6 is 11.3 Å². The fourth-order valence-corrected chi connectivity index (χ4v) is 4.71. The van der Waals surface area contributed by atoms with Gasteiger partial charge in [0.25, 0.3) is 0 Å². The van der Waals surface area contributed by atoms with Gasteiger partial charge in [0.1, 0.15) is 10.6 Å². The average molecular weight is 313 g/mol. The van der Waals surface area contributed by atoms with Crippen LogP contribution in [-0.4, -0.2) is 16.6 Å². The number of ether oxygens (including phenoxy) is 1. The van der Waals surface area contributed by atoms with Gasteiger partial charge < -0.3 is 4.74 Å². The highest BCUT2D eigenvalue weighted by molar-refractivity contribution is 7.13. The summed E-state index contributed by atoms with van der Waals surface area (Å²) in [5.41, 5.74) is 1.90. The lowest BCUT2D eigenvalue weighted by Gasteiger charge is -2.36. The summed E-state index contributed by atoms with van der Waals surface area (Å²) in [4.78, 5) is 16.8. The van der Waals surface area contributed by atoms with Crippen LogP contribution in [-0.2, 0) is 9.53 Å². The summed E-state index contributed by atoms with van der Waals surface area (Å²) in [7, 11) is 0. The molecule has 114 valence electrons. The average Bonchev–Trinajstić information content (AvgIpc) is 3.14. The van der Waals surface area contributed by atoms with Gasteiger partial charge in [0.15, 0.2) is 0 Å². The second-order valence-electron chi connectivity index (χ2n) is 6.30. The number of carbonyl (C=O) groups excluding carboxylic acids is 1. The summed E-state index contributed by atoms with van der Waals surface area (Å²) in [5.74, 6) is 0.0789. The highest BCUT2D eigenvalue weighted by Gasteiger charge is 2.50. The molecule has 3 nitrogen and oxygen atoms in total. The Balaban J connectivity index is 1.66. The molecule has 1 spiro atoms. The van der Waals surface area contributed by atoms with Crippen LogP contribution in [0.5, 0.6) is 0 Å². The van der Waals surface area contributed by atoms with Crippen molar-refractivity contribution in [3.05, 3.63) is 41.4 Å². The van der Waals surface area contributed by atoms with Crippen molar-refractivity contribution < 1.29 is 9.53 Å². The number of nitrogens with zero attached hydrogens (tertiary/aromatic N) is 1. The van der Waals surface area contributed by atoms with Gasteiger partial charge in [-0.05, 0) is 25.7 Å². The Bertz CT molecular complexity index is 673. The van der Waals surface area contributed by atoms with Crippen LogP contribution in [0.3, 0.4) is 0 Å². The molecule has 1 atom stereocenters. The largest absolute Gasteiger partial charge is 0.458 e. The van der Waals surface area contributed by atoms with E-state index in [1.807, 2.05) is 18.2 Å². The van der Waals surface area contributed by atoms with E-state index in [2.05, 4.69) is 17.5 Å². The Morgan fingerprint density at radius 3 is 2.68 bits per heavy atom. The van der Waals surface area contributed by atoms with E-state index in [1.54, 1.807) is 11.3 Å². The molecule has 0 N–H and O–H groups in total. The van der Waals surface area contributed by atoms with Crippen molar-refractivity contribution in [2.75, 3.05) is 0 Å². The maximum Gasteiger partial charge on any atom is 0.307 e. The first-order chi connectivity index (χ1) is 10.8. The van der Waals surface area contributed by atoms with Crippen LogP contribution in [0.25, 0.3) is 10.6 Å². The Kier molecular flexibility index (Phi) is 3.49. The zero-order valence-electron chi connectivity index (χ0n) is 12.5. The van der Waals surface area contributed by atoms with Gasteiger partial charge in [0.2, 0.25) is 0 Å². The van der Waals surface area contributed by atoms with Gasteiger partial charge in [-0.3, -0.25) is 4.79 Å². The molecule has 2 aromatic rings. The molecule has 1 aliphatic heterocycles. The van der Waals surface area contributed by atoms with Crippen LogP contribution in [0.15, 0.2) is 35.7 Å². The van der Waals surface area contributed by atoms with Crippen molar-refractivity contribution in [2.24, 2.45) is 0 Å². The maximum absolute atomic E-state index is 11.9. The van der Waals surface area contributed by atoms with E-state index >= 15 is 0 Å². The standard InChI is InChI=1S/C18H19NO2S/c20-16-11-14(18(21-16)9-5-2-6-10-18)15-12-22-17(19-15)13-7-3-1-4-8-13/h1,3-4,7-8,12,14H,2,5-6,9-11H2/t14-/m1/s1. The third-order valence-corrected chi connectivity index (χ3v) is 5.83. The molecular weight excluding hydrogens is 294 g/mol. The SMILES string of the molecule is O=C1C[C@H](c2csc(-c3ccccc3)n2)C2(CCCCC2)O1. The first-order valence-electron chi connectivity index (χ1n) is 8.00. The van der Waals surface area contributed by atoms with Crippen molar-refractivity contribution in [3.8, 4) is 10.6 Å². The Morgan fingerprint density at radius 2 is 1.91 bits per heavy atom. The van der Waals surface area contributed by atoms with E-state index in [0.29, 0.717) is 6.42 Å². The molecule has 0 radical (unpaired) electrons. The summed E-state index contributed by atoms with van der Waals surface area (Å²) < 4.78 is 5.80. The van der Waals surface area contributed by atoms with E-state index < -0.39 is 0 Å². The lowest BCUT2D eigenvalue weighted by molar-refractivity contribution is -0.151. The number of hydrogen-bond donors (Lipinski definition) is 0. The number of esters is 1. The molecule has 1 saturated carbocycles. The Labute approximate surface area is 134 Å². The van der Waals surface area contributed by atoms with Gasteiger partial charge >= 0.3 is 5.97 Å². The summed E-state index contributed by atoms with van der Waals surface area (Å²) in [6, 6.07) is 10.2. The fraction of sp³-hybridized carbons (Fsp3) is 0.444. The zero-order chi connectivity index (χ0) is 15.0. The Morgan fingerprint density at radius 1 is 1.14 bits per heavy atom. The summed E-state index contributed by atoms with van der Waals surface area (Å²) in [6.45, 7) is 0. The topological polar surface area (TPSA) is 39.2 Å². The van der Waals surface area contributed by atoms with Crippen LogP contribution in [0.1, 0.15) is 50.1 Å². The number of thiazole rings is 1. The van der Waals surface area contributed by atoms with Crippen molar-refractivity contribution in [1.82, 2.24) is 4.98 Å². The predicted octanol–water partition coefficient (Wildman–Crippen LogP) is 4.54. The molecule has 0 bridgehead atoms. The second-order valence-corrected chi connectivity index (χ2v) is 7.16. The van der Waals surface area contributed by atoms with E-state index in [-0.39, 0.29) is 17.5 Å². The van der Waals surface area contributed by atoms with Gasteiger partial charge in [-0.1, -0.05) is 36.8 Å². The molecule has 1 aliphatic carbocycles. The molecule has 1 aromatic carbocycles. The molecule has 2 heterocycles. The maximum atomic E-state index is 11.9. The second kappa shape index (κ2) is 5.51. The number of carbonyl (C=O) groups is 1. The lowest BCUT2D eigenvalue weighted by atomic mass is 9.75. The molecule has 22 heavy (non-hydrogen) atoms. The molecule has 1 aromatic heterocycles. The van der Waals surface area contributed by atoms with Crippen LogP contribution < -0.4 is 0 Å². The molecule has 4 heteroatoms. The Hall–Kier alpha value is -1.68. The van der Waals surface area contributed by atoms with E-state index in [9.17, 15) is 4.79 Å². The van der Waals surface area contributed by atoms with E-state index in [4.69, 9.17) is 9.72 Å². The molecule has 2 fully saturated rings. The van der Waals surface area contributed by atoms with E-state index in [1.165, 1.54) is 6.42 Å². The quantitative estimate of drug-likeness (QED) is 0.764. The predicted molar refractivity (Wildman–Crippen MR) is 86.8 cm³/mol. The minimum absolute atomic E-state index is 0.0545. The van der Waals surface area contributed by atoms with Crippen LogP contribution in [0, 0.1) is 0 Å². The zero-order valence-corrected chi connectivity index (χ0v) is 13.3. The highest BCUT2D eigenvalue weighted by atomic mass is 32.1. The van der Waals surface area contributed by atoms with Crippen LogP contribution in [0.2, 0.25) is 0 Å². The number of hydrogen-bond acceptors (Lipinski definition) is 4. The molecule has 0 unspecified atom stereocenters. The van der Waals surface area contributed by atoms with Crippen molar-refractivity contribution >= 4 is 17.3 Å². The van der Waals surface area contributed by atoms with Gasteiger partial charge in [-0.25, -0.2) is 4.98 Å². The van der Waals surface area contributed by atoms with Crippen molar-refractivity contribution in [3.63, 3.8) is 0 Å². The third kappa shape index (κ3) is 2.35. The van der Waals surface area contributed by atoms with Gasteiger partial charge in [-0.2, -0.15) is 0 Å². The van der Waals surface area contributed by atoms with Crippen molar-refractivity contribution in [1.29, 1.82) is 0 Å². The molecular formula is C18H19NO2S. The monoisotopic (exact) mass is 313 g/mol. The summed E-state index contributed by atoms with van der Waals surface area (Å²) in [6.07, 6.45) is 6.01. The minimum Gasteiger partial charge on any atom is -0.458 e. The van der Waals surface area contributed by atoms with E-state index in [0.717, 1.165) is 41.9 Å². The van der Waals surface area contributed by atoms with Gasteiger partial charge in [0.05, 0.1) is 18.0 Å². The minimum atomic E-state index is -0.280. The highest BCUT2D eigenvalue weighted by Crippen LogP contribution is 2.49. The molecule has 4 rings (SSSR count). The van der Waals surface area contributed by atoms with Gasteiger partial charge in [-0.15, -0.1) is 11.3 Å². The first kappa shape index (κ1) is 13.9. The first-order valence-corrected chi connectivity index (χ1v) is 8.87.